The molecule has 0 aromatic carbocycles. The highest BCUT2D eigenvalue weighted by molar-refractivity contribution is 5.85. The molecule has 0 atom stereocenters. The molecule has 0 saturated carbocycles. The number of carbonyl (C=O) groups is 1. The van der Waals surface area contributed by atoms with E-state index in [0.717, 1.165) is 0 Å². The third-order valence-electron chi connectivity index (χ3n) is 1.95. The highest BCUT2D eigenvalue weighted by atomic mass is 16.5. The summed E-state index contributed by atoms with van der Waals surface area (Å²) in [7, 11) is 0. The average molecular weight is 233 g/mol. The molecule has 0 fully saturated rings. The van der Waals surface area contributed by atoms with Crippen LogP contribution in [0.15, 0.2) is 18.2 Å². The van der Waals surface area contributed by atoms with Gasteiger partial charge in [-0.1, -0.05) is 6.07 Å². The van der Waals surface area contributed by atoms with E-state index in [1.54, 1.807) is 25.1 Å². The fourth-order valence-corrected chi connectivity index (χ4v) is 1.24. The van der Waals surface area contributed by atoms with E-state index < -0.39 is 5.97 Å². The van der Waals surface area contributed by atoms with Crippen LogP contribution in [0.25, 0.3) is 11.5 Å². The molecule has 0 unspecified atom stereocenters. The van der Waals surface area contributed by atoms with Gasteiger partial charge in [-0.3, -0.25) is 5.10 Å². The van der Waals surface area contributed by atoms with Crippen LogP contribution in [0.2, 0.25) is 0 Å². The first-order chi connectivity index (χ1) is 8.20. The molecule has 88 valence electrons. The molecular formula is C10H11N5O2. The summed E-state index contributed by atoms with van der Waals surface area (Å²) in [6.45, 7) is 2.00. The number of nitrogens with zero attached hydrogens (tertiary/aromatic N) is 3. The van der Waals surface area contributed by atoms with Crippen molar-refractivity contribution in [3.63, 3.8) is 0 Å². The largest absolute Gasteiger partial charge is 0.460 e. The number of nitrogens with two attached hydrogens (primary N) is 1. The number of hydrogen-bond donors (Lipinski definition) is 2. The number of aromatic nitrogens is 4. The predicted molar refractivity (Wildman–Crippen MR) is 60.0 cm³/mol. The van der Waals surface area contributed by atoms with E-state index in [4.69, 9.17) is 10.5 Å². The lowest BCUT2D eigenvalue weighted by atomic mass is 10.3. The Bertz CT molecular complexity index is 537. The van der Waals surface area contributed by atoms with Gasteiger partial charge in [-0.15, -0.1) is 0 Å². The van der Waals surface area contributed by atoms with Gasteiger partial charge in [0.1, 0.15) is 11.5 Å². The fraction of sp³-hybridized carbons (Fsp3) is 0.200. The second-order valence-corrected chi connectivity index (χ2v) is 3.18. The molecule has 0 aliphatic heterocycles. The van der Waals surface area contributed by atoms with Crippen LogP contribution in [0.3, 0.4) is 0 Å². The zero-order valence-electron chi connectivity index (χ0n) is 9.17. The van der Waals surface area contributed by atoms with Gasteiger partial charge in [0.2, 0.25) is 5.82 Å². The molecular weight excluding hydrogens is 222 g/mol. The number of anilines is 1. The summed E-state index contributed by atoms with van der Waals surface area (Å²) in [6, 6.07) is 5.09. The highest BCUT2D eigenvalue weighted by Gasteiger charge is 2.14. The molecule has 0 bridgehead atoms. The number of rotatable bonds is 3. The molecule has 0 spiro atoms. The maximum Gasteiger partial charge on any atom is 0.375 e. The molecule has 17 heavy (non-hydrogen) atoms. The molecule has 2 aromatic rings. The Balaban J connectivity index is 2.27. The lowest BCUT2D eigenvalue weighted by Gasteiger charge is -1.96. The lowest BCUT2D eigenvalue weighted by Crippen LogP contribution is -2.06. The predicted octanol–water partition coefficient (Wildman–Crippen LogP) is 0.626. The first-order valence-corrected chi connectivity index (χ1v) is 5.03. The number of ether oxygens (including phenoxy) is 1. The maximum absolute atomic E-state index is 11.4. The highest BCUT2D eigenvalue weighted by Crippen LogP contribution is 2.13. The summed E-state index contributed by atoms with van der Waals surface area (Å²) in [5.74, 6) is 0.173. The summed E-state index contributed by atoms with van der Waals surface area (Å²) < 4.78 is 4.78. The van der Waals surface area contributed by atoms with Crippen LogP contribution in [0.1, 0.15) is 17.5 Å². The second kappa shape index (κ2) is 4.60. The van der Waals surface area contributed by atoms with Crippen molar-refractivity contribution in [2.24, 2.45) is 0 Å². The number of carbonyl (C=O) groups excluding carboxylic acids is 1. The third-order valence-corrected chi connectivity index (χ3v) is 1.95. The van der Waals surface area contributed by atoms with E-state index in [1.165, 1.54) is 0 Å². The maximum atomic E-state index is 11.4. The van der Waals surface area contributed by atoms with Crippen molar-refractivity contribution in [2.45, 2.75) is 6.92 Å². The van der Waals surface area contributed by atoms with Crippen LogP contribution < -0.4 is 5.73 Å². The summed E-state index contributed by atoms with van der Waals surface area (Å²) in [5, 5.41) is 6.37. The number of hydrogen-bond acceptors (Lipinski definition) is 6. The number of pyridine rings is 1. The molecule has 0 radical (unpaired) electrons. The molecule has 0 saturated heterocycles. The monoisotopic (exact) mass is 233 g/mol. The van der Waals surface area contributed by atoms with E-state index in [9.17, 15) is 4.79 Å². The van der Waals surface area contributed by atoms with Gasteiger partial charge in [0.05, 0.1) is 6.61 Å². The SMILES string of the molecule is CCOC(=O)c1nc(-c2cccc(N)n2)n[nH]1. The van der Waals surface area contributed by atoms with Gasteiger partial charge in [-0.2, -0.15) is 10.1 Å². The summed E-state index contributed by atoms with van der Waals surface area (Å²) >= 11 is 0. The summed E-state index contributed by atoms with van der Waals surface area (Å²) in [4.78, 5) is 19.4. The van der Waals surface area contributed by atoms with Crippen LogP contribution in [-0.4, -0.2) is 32.7 Å². The molecule has 2 heterocycles. The van der Waals surface area contributed by atoms with Crippen LogP contribution in [0.5, 0.6) is 0 Å². The van der Waals surface area contributed by atoms with E-state index in [-0.39, 0.29) is 12.4 Å². The topological polar surface area (TPSA) is 107 Å². The van der Waals surface area contributed by atoms with E-state index in [0.29, 0.717) is 17.3 Å². The zero-order chi connectivity index (χ0) is 12.3. The number of nitrogen functional groups attached to an aromatic ring is 1. The molecule has 2 aromatic heterocycles. The van der Waals surface area contributed by atoms with Crippen molar-refractivity contribution in [3.8, 4) is 11.5 Å². The number of aromatic amines is 1. The van der Waals surface area contributed by atoms with Gasteiger partial charge >= 0.3 is 5.97 Å². The van der Waals surface area contributed by atoms with E-state index in [2.05, 4.69) is 20.2 Å². The molecule has 7 nitrogen and oxygen atoms in total. The van der Waals surface area contributed by atoms with Crippen LogP contribution in [0, 0.1) is 0 Å². The fourth-order valence-electron chi connectivity index (χ4n) is 1.24. The Kier molecular flexibility index (Phi) is 2.99. The van der Waals surface area contributed by atoms with Crippen molar-refractivity contribution in [2.75, 3.05) is 12.3 Å². The Morgan fingerprint density at radius 2 is 2.29 bits per heavy atom. The van der Waals surface area contributed by atoms with Crippen LogP contribution >= 0.6 is 0 Å². The molecule has 0 amide bonds. The Morgan fingerprint density at radius 3 is 3.00 bits per heavy atom. The molecule has 0 aliphatic carbocycles. The Labute approximate surface area is 97.0 Å². The Morgan fingerprint density at radius 1 is 1.47 bits per heavy atom. The second-order valence-electron chi connectivity index (χ2n) is 3.18. The first-order valence-electron chi connectivity index (χ1n) is 5.03. The van der Waals surface area contributed by atoms with E-state index >= 15 is 0 Å². The van der Waals surface area contributed by atoms with Gasteiger partial charge in [0, 0.05) is 0 Å². The van der Waals surface area contributed by atoms with Gasteiger partial charge in [-0.25, -0.2) is 9.78 Å². The molecule has 0 aliphatic rings. The van der Waals surface area contributed by atoms with Gasteiger partial charge in [-0.05, 0) is 19.1 Å². The zero-order valence-corrected chi connectivity index (χ0v) is 9.17. The van der Waals surface area contributed by atoms with Crippen molar-refractivity contribution >= 4 is 11.8 Å². The van der Waals surface area contributed by atoms with Gasteiger partial charge < -0.3 is 10.5 Å². The number of esters is 1. The van der Waals surface area contributed by atoms with Crippen molar-refractivity contribution in [1.29, 1.82) is 0 Å². The molecule has 3 N–H and O–H groups in total. The third kappa shape index (κ3) is 2.39. The number of H-pyrrole nitrogens is 1. The standard InChI is InChI=1S/C10H11N5O2/c1-2-17-10(16)9-13-8(14-15-9)6-4-3-5-7(11)12-6/h3-5H,2H2,1H3,(H2,11,12)(H,13,14,15). The summed E-state index contributed by atoms with van der Waals surface area (Å²) in [5.41, 5.74) is 6.04. The van der Waals surface area contributed by atoms with Gasteiger partial charge in [0.15, 0.2) is 5.82 Å². The minimum Gasteiger partial charge on any atom is -0.460 e. The van der Waals surface area contributed by atoms with Crippen molar-refractivity contribution in [1.82, 2.24) is 20.2 Å². The van der Waals surface area contributed by atoms with Crippen LogP contribution in [0.4, 0.5) is 5.82 Å². The van der Waals surface area contributed by atoms with Crippen LogP contribution in [-0.2, 0) is 4.74 Å². The normalized spacial score (nSPS) is 10.2. The first kappa shape index (κ1) is 11.1. The summed E-state index contributed by atoms with van der Waals surface area (Å²) in [6.07, 6.45) is 0. The Hall–Kier alpha value is -2.44. The van der Waals surface area contributed by atoms with Gasteiger partial charge in [0.25, 0.3) is 0 Å². The molecule has 7 heteroatoms. The lowest BCUT2D eigenvalue weighted by molar-refractivity contribution is 0.0512. The quantitative estimate of drug-likeness (QED) is 0.753. The van der Waals surface area contributed by atoms with Crippen molar-refractivity contribution in [3.05, 3.63) is 24.0 Å². The number of nitrogens with one attached hydrogen (secondary N) is 1. The molecule has 2 rings (SSSR count). The smallest absolute Gasteiger partial charge is 0.375 e. The minimum absolute atomic E-state index is 0.0473. The average Bonchev–Trinajstić information content (AvgIpc) is 2.78. The minimum atomic E-state index is -0.546. The van der Waals surface area contributed by atoms with E-state index in [1.807, 2.05) is 0 Å². The van der Waals surface area contributed by atoms with Crippen molar-refractivity contribution < 1.29 is 9.53 Å².